The molecule has 1 rings (SSSR count). The van der Waals surface area contributed by atoms with E-state index in [1.165, 1.54) is 18.2 Å². The van der Waals surface area contributed by atoms with Crippen LogP contribution in [-0.2, 0) is 10.2 Å². The molecular weight excluding hydrogens is 217 g/mol. The van der Waals surface area contributed by atoms with E-state index in [0.29, 0.717) is 0 Å². The first-order chi connectivity index (χ1) is 5.96. The first kappa shape index (κ1) is 9.96. The van der Waals surface area contributed by atoms with Gasteiger partial charge in [-0.25, -0.2) is 0 Å². The summed E-state index contributed by atoms with van der Waals surface area (Å²) in [6.45, 7) is 0. The highest BCUT2D eigenvalue weighted by atomic mass is 35.5. The van der Waals surface area contributed by atoms with Gasteiger partial charge in [-0.1, -0.05) is 17.7 Å². The lowest BCUT2D eigenvalue weighted by atomic mass is 10.2. The maximum absolute atomic E-state index is 12.5. The molecule has 13 heavy (non-hydrogen) atoms. The predicted octanol–water partition coefficient (Wildman–Crippen LogP) is 1.87. The van der Waals surface area contributed by atoms with E-state index in [0.717, 1.165) is 6.07 Å². The second kappa shape index (κ2) is 3.32. The summed E-state index contributed by atoms with van der Waals surface area (Å²) in [5.41, 5.74) is -0.369. The molecule has 1 aromatic rings. The third-order valence-corrected chi connectivity index (χ3v) is 2.53. The van der Waals surface area contributed by atoms with Crippen LogP contribution in [0.15, 0.2) is 23.1 Å². The molecule has 0 fully saturated rings. The second-order valence-corrected chi connectivity index (χ2v) is 3.89. The Morgan fingerprint density at radius 1 is 1.46 bits per heavy atom. The fraction of sp³-hybridized carbons (Fsp3) is 0. The number of benzene rings is 1. The van der Waals surface area contributed by atoms with Crippen LogP contribution >= 0.6 is 11.6 Å². The summed E-state index contributed by atoms with van der Waals surface area (Å²) >= 11 is 5.48. The van der Waals surface area contributed by atoms with Gasteiger partial charge in [0, 0.05) is 0 Å². The molecule has 0 saturated carbocycles. The summed E-state index contributed by atoms with van der Waals surface area (Å²) in [5.74, 6) is 0. The van der Waals surface area contributed by atoms with Gasteiger partial charge in [0.15, 0.2) is 0 Å². The molecule has 0 unspecified atom stereocenters. The largest absolute Gasteiger partial charge is 0.333 e. The van der Waals surface area contributed by atoms with E-state index in [4.69, 9.17) is 16.9 Å². The molecule has 0 N–H and O–H groups in total. The van der Waals surface area contributed by atoms with E-state index in [-0.39, 0.29) is 10.6 Å². The Morgan fingerprint density at radius 2 is 2.08 bits per heavy atom. The molecule has 0 spiro atoms. The van der Waals surface area contributed by atoms with Crippen molar-refractivity contribution in [3.63, 3.8) is 0 Å². The molecule has 0 saturated heterocycles. The molecule has 0 bridgehead atoms. The van der Waals surface area contributed by atoms with Crippen molar-refractivity contribution in [2.45, 2.75) is 4.90 Å². The highest BCUT2D eigenvalue weighted by Crippen LogP contribution is 2.23. The van der Waals surface area contributed by atoms with Crippen molar-refractivity contribution < 1.29 is 12.3 Å². The van der Waals surface area contributed by atoms with Crippen LogP contribution in [0.1, 0.15) is 5.56 Å². The van der Waals surface area contributed by atoms with E-state index in [9.17, 15) is 12.3 Å². The molecule has 0 atom stereocenters. The van der Waals surface area contributed by atoms with Gasteiger partial charge in [0.25, 0.3) is 0 Å². The van der Waals surface area contributed by atoms with Gasteiger partial charge < -0.3 is 0 Å². The molecule has 0 amide bonds. The number of nitrogens with zero attached hydrogens (tertiary/aromatic N) is 1. The van der Waals surface area contributed by atoms with E-state index in [1.54, 1.807) is 0 Å². The molecule has 0 heterocycles. The van der Waals surface area contributed by atoms with Crippen LogP contribution < -0.4 is 0 Å². The lowest BCUT2D eigenvalue weighted by Crippen LogP contribution is -1.96. The van der Waals surface area contributed by atoms with Crippen molar-refractivity contribution in [3.8, 4) is 6.07 Å². The number of hydrogen-bond donors (Lipinski definition) is 0. The molecular formula is C7H3ClFNO2S. The summed E-state index contributed by atoms with van der Waals surface area (Å²) in [7, 11) is -4.88. The third kappa shape index (κ3) is 1.97. The standard InChI is InChI=1S/C7H3ClFNO2S/c8-6-2-1-3-7(5(6)4-10)13(9,11)12/h1-3H. The molecule has 0 aliphatic carbocycles. The lowest BCUT2D eigenvalue weighted by Gasteiger charge is -1.98. The van der Waals surface area contributed by atoms with E-state index in [1.807, 2.05) is 0 Å². The maximum atomic E-state index is 12.5. The Labute approximate surface area is 79.6 Å². The zero-order valence-electron chi connectivity index (χ0n) is 6.16. The fourth-order valence-corrected chi connectivity index (χ4v) is 1.73. The molecule has 0 aliphatic heterocycles. The minimum Gasteiger partial charge on any atom is -0.192 e. The lowest BCUT2D eigenvalue weighted by molar-refractivity contribution is 0.552. The quantitative estimate of drug-likeness (QED) is 0.678. The summed E-state index contributed by atoms with van der Waals surface area (Å²) in [6, 6.07) is 5.08. The molecule has 6 heteroatoms. The average Bonchev–Trinajstić information content (AvgIpc) is 2.02. The Balaban J connectivity index is 3.59. The summed E-state index contributed by atoms with van der Waals surface area (Å²) in [5, 5.41) is 8.41. The van der Waals surface area contributed by atoms with Crippen LogP contribution in [0, 0.1) is 11.3 Å². The average molecular weight is 220 g/mol. The van der Waals surface area contributed by atoms with Gasteiger partial charge in [0.1, 0.15) is 11.0 Å². The highest BCUT2D eigenvalue weighted by molar-refractivity contribution is 7.86. The smallest absolute Gasteiger partial charge is 0.192 e. The van der Waals surface area contributed by atoms with Gasteiger partial charge in [-0.15, -0.1) is 3.89 Å². The van der Waals surface area contributed by atoms with E-state index < -0.39 is 15.1 Å². The topological polar surface area (TPSA) is 57.9 Å². The maximum Gasteiger partial charge on any atom is 0.333 e. The van der Waals surface area contributed by atoms with Crippen LogP contribution in [0.5, 0.6) is 0 Å². The summed E-state index contributed by atoms with van der Waals surface area (Å²) < 4.78 is 33.5. The van der Waals surface area contributed by atoms with Crippen LogP contribution in [0.25, 0.3) is 0 Å². The number of nitriles is 1. The van der Waals surface area contributed by atoms with Crippen molar-refractivity contribution in [2.75, 3.05) is 0 Å². The predicted molar refractivity (Wildman–Crippen MR) is 44.5 cm³/mol. The Bertz CT molecular complexity index is 478. The summed E-state index contributed by atoms with van der Waals surface area (Å²) in [4.78, 5) is -0.692. The van der Waals surface area contributed by atoms with Crippen LogP contribution in [0.4, 0.5) is 3.89 Å². The Morgan fingerprint density at radius 3 is 2.46 bits per heavy atom. The van der Waals surface area contributed by atoms with E-state index >= 15 is 0 Å². The zero-order valence-corrected chi connectivity index (χ0v) is 7.73. The molecule has 0 aliphatic rings. The zero-order chi connectivity index (χ0) is 10.1. The Kier molecular flexibility index (Phi) is 2.55. The number of hydrogen-bond acceptors (Lipinski definition) is 3. The molecule has 0 aromatic heterocycles. The highest BCUT2D eigenvalue weighted by Gasteiger charge is 2.18. The fourth-order valence-electron chi connectivity index (χ4n) is 0.816. The van der Waals surface area contributed by atoms with Crippen LogP contribution in [0.2, 0.25) is 5.02 Å². The Hall–Kier alpha value is -1.12. The van der Waals surface area contributed by atoms with Crippen molar-refractivity contribution in [1.82, 2.24) is 0 Å². The first-order valence-corrected chi connectivity index (χ1v) is 4.86. The van der Waals surface area contributed by atoms with Gasteiger partial charge >= 0.3 is 10.2 Å². The molecule has 1 aromatic carbocycles. The van der Waals surface area contributed by atoms with Gasteiger partial charge in [-0.2, -0.15) is 13.7 Å². The van der Waals surface area contributed by atoms with Gasteiger partial charge in [-0.05, 0) is 12.1 Å². The number of halogens is 2. The van der Waals surface area contributed by atoms with Crippen LogP contribution in [-0.4, -0.2) is 8.42 Å². The van der Waals surface area contributed by atoms with Crippen molar-refractivity contribution in [3.05, 3.63) is 28.8 Å². The van der Waals surface area contributed by atoms with Crippen molar-refractivity contribution in [1.29, 1.82) is 5.26 Å². The molecule has 0 radical (unpaired) electrons. The number of rotatable bonds is 1. The second-order valence-electron chi connectivity index (χ2n) is 2.16. The van der Waals surface area contributed by atoms with Gasteiger partial charge in [-0.3, -0.25) is 0 Å². The SMILES string of the molecule is N#Cc1c(Cl)cccc1S(=O)(=O)F. The van der Waals surface area contributed by atoms with Crippen LogP contribution in [0.3, 0.4) is 0 Å². The minimum absolute atomic E-state index is 0.0822. The van der Waals surface area contributed by atoms with Gasteiger partial charge in [0.05, 0.1) is 10.6 Å². The van der Waals surface area contributed by atoms with Crippen molar-refractivity contribution in [2.24, 2.45) is 0 Å². The van der Waals surface area contributed by atoms with Crippen molar-refractivity contribution >= 4 is 21.8 Å². The third-order valence-electron chi connectivity index (χ3n) is 1.35. The molecule has 68 valence electrons. The first-order valence-electron chi connectivity index (χ1n) is 3.10. The minimum atomic E-state index is -4.88. The monoisotopic (exact) mass is 219 g/mol. The van der Waals surface area contributed by atoms with E-state index in [2.05, 4.69) is 0 Å². The van der Waals surface area contributed by atoms with Gasteiger partial charge in [0.2, 0.25) is 0 Å². The molecule has 3 nitrogen and oxygen atoms in total. The summed E-state index contributed by atoms with van der Waals surface area (Å²) in [6.07, 6.45) is 0. The normalized spacial score (nSPS) is 10.8.